The van der Waals surface area contributed by atoms with Gasteiger partial charge in [0, 0.05) is 12.8 Å². The molecule has 2 saturated heterocycles. The van der Waals surface area contributed by atoms with Crippen molar-refractivity contribution in [2.45, 2.75) is 274 Å². The van der Waals surface area contributed by atoms with Crippen LogP contribution in [0.15, 0.2) is 72.9 Å². The minimum Gasteiger partial charge on any atom is -0.462 e. The van der Waals surface area contributed by atoms with E-state index in [1.807, 2.05) is 12.2 Å². The lowest BCUT2D eigenvalue weighted by atomic mass is 9.98. The first-order chi connectivity index (χ1) is 37.0. The summed E-state index contributed by atoms with van der Waals surface area (Å²) in [7, 11) is 0. The molecule has 0 aliphatic carbocycles. The van der Waals surface area contributed by atoms with Gasteiger partial charge in [-0.2, -0.15) is 0 Å². The quantitative estimate of drug-likeness (QED) is 0.0171. The van der Waals surface area contributed by atoms with Crippen molar-refractivity contribution in [2.75, 3.05) is 26.4 Å². The van der Waals surface area contributed by atoms with E-state index in [2.05, 4.69) is 74.6 Å². The average molecular weight is 1080 g/mol. The largest absolute Gasteiger partial charge is 0.462 e. The molecule has 2 rings (SSSR count). The maximum atomic E-state index is 13.0. The summed E-state index contributed by atoms with van der Waals surface area (Å²) < 4.78 is 33.6. The molecule has 2 fully saturated rings. The number of unbranched alkanes of at least 4 members (excludes halogenated alkanes) is 20. The molecule has 15 nitrogen and oxygen atoms in total. The van der Waals surface area contributed by atoms with Gasteiger partial charge in [0.1, 0.15) is 55.4 Å². The van der Waals surface area contributed by atoms with Crippen molar-refractivity contribution in [3.63, 3.8) is 0 Å². The van der Waals surface area contributed by atoms with E-state index in [0.717, 1.165) is 44.9 Å². The van der Waals surface area contributed by atoms with Crippen LogP contribution in [0.5, 0.6) is 0 Å². The summed E-state index contributed by atoms with van der Waals surface area (Å²) in [5.74, 6) is -1.02. The zero-order valence-corrected chi connectivity index (χ0v) is 46.7. The summed E-state index contributed by atoms with van der Waals surface area (Å²) in [6, 6.07) is 0. The monoisotopic (exact) mass is 1080 g/mol. The summed E-state index contributed by atoms with van der Waals surface area (Å²) in [6.45, 7) is 2.50. The van der Waals surface area contributed by atoms with Crippen LogP contribution in [0.4, 0.5) is 0 Å². The summed E-state index contributed by atoms with van der Waals surface area (Å²) >= 11 is 0. The predicted octanol–water partition coefficient (Wildman–Crippen LogP) is 10.2. The molecule has 2 aliphatic rings. The molecule has 2 heterocycles. The number of carbonyl (C=O) groups is 2. The second-order valence-electron chi connectivity index (χ2n) is 20.5. The highest BCUT2D eigenvalue weighted by Crippen LogP contribution is 2.26. The normalized spacial score (nSPS) is 24.9. The van der Waals surface area contributed by atoms with Crippen LogP contribution in [0.1, 0.15) is 206 Å². The molecule has 0 aromatic rings. The van der Waals surface area contributed by atoms with E-state index in [9.17, 15) is 45.3 Å². The van der Waals surface area contributed by atoms with Crippen molar-refractivity contribution in [3.05, 3.63) is 72.9 Å². The highest BCUT2D eigenvalue weighted by molar-refractivity contribution is 5.70. The summed E-state index contributed by atoms with van der Waals surface area (Å²) in [5.41, 5.74) is 0. The molecule has 0 saturated carbocycles. The van der Waals surface area contributed by atoms with Crippen molar-refractivity contribution in [3.8, 4) is 0 Å². The Morgan fingerprint density at radius 3 is 1.33 bits per heavy atom. The van der Waals surface area contributed by atoms with Crippen LogP contribution in [-0.4, -0.2) is 142 Å². The first-order valence-corrected chi connectivity index (χ1v) is 29.5. The molecule has 0 spiro atoms. The number of hydrogen-bond acceptors (Lipinski definition) is 15. The van der Waals surface area contributed by atoms with Crippen molar-refractivity contribution in [1.82, 2.24) is 0 Å². The Morgan fingerprint density at radius 2 is 0.816 bits per heavy atom. The zero-order valence-electron chi connectivity index (χ0n) is 46.7. The minimum atomic E-state index is -1.78. The van der Waals surface area contributed by atoms with Crippen molar-refractivity contribution in [1.29, 1.82) is 0 Å². The van der Waals surface area contributed by atoms with Gasteiger partial charge in [0.2, 0.25) is 0 Å². The Bertz CT molecular complexity index is 1590. The average Bonchev–Trinajstić information content (AvgIpc) is 3.41. The van der Waals surface area contributed by atoms with Crippen LogP contribution in [0.25, 0.3) is 0 Å². The topological polar surface area (TPSA) is 231 Å². The predicted molar refractivity (Wildman–Crippen MR) is 298 cm³/mol. The van der Waals surface area contributed by atoms with Gasteiger partial charge in [-0.25, -0.2) is 0 Å². The molecule has 2 aliphatic heterocycles. The number of allylic oxidation sites excluding steroid dienone is 12. The molecule has 11 atom stereocenters. The fourth-order valence-electron chi connectivity index (χ4n) is 8.84. The third kappa shape index (κ3) is 33.4. The molecule has 4 unspecified atom stereocenters. The van der Waals surface area contributed by atoms with E-state index in [-0.39, 0.29) is 19.4 Å². The number of rotatable bonds is 46. The number of carbonyl (C=O) groups excluding carboxylic acids is 2. The Hall–Kier alpha value is -3.06. The van der Waals surface area contributed by atoms with Crippen LogP contribution < -0.4 is 0 Å². The maximum Gasteiger partial charge on any atom is 0.306 e. The van der Waals surface area contributed by atoms with E-state index in [1.54, 1.807) is 0 Å². The van der Waals surface area contributed by atoms with Crippen LogP contribution in [-0.2, 0) is 38.0 Å². The minimum absolute atomic E-state index is 0.0393. The summed E-state index contributed by atoms with van der Waals surface area (Å²) in [4.78, 5) is 25.9. The van der Waals surface area contributed by atoms with Gasteiger partial charge in [-0.3, -0.25) is 9.59 Å². The van der Waals surface area contributed by atoms with Gasteiger partial charge in [-0.1, -0.05) is 189 Å². The van der Waals surface area contributed by atoms with Gasteiger partial charge in [0.15, 0.2) is 18.7 Å². The van der Waals surface area contributed by atoms with Gasteiger partial charge >= 0.3 is 11.9 Å². The highest BCUT2D eigenvalue weighted by atomic mass is 16.7. The molecule has 0 radical (unpaired) electrons. The van der Waals surface area contributed by atoms with Crippen molar-refractivity contribution < 1.29 is 73.8 Å². The van der Waals surface area contributed by atoms with Crippen LogP contribution in [0.2, 0.25) is 0 Å². The SMILES string of the molecule is CCCCC/C=C/C/C=C/C/C=C/C/C=C/C/C=C/CCC(=O)O[C@@H](COC(=O)CCCCCCCCCCCCC/C=C/CCCCCCCC)CO[C@@H]1O[C@H](CO[C@@H]2O[C@H](CO)[C@H](O)C(O)C2O)[C@H](O)C(O)C1O. The summed E-state index contributed by atoms with van der Waals surface area (Å²) in [6.07, 6.45) is 40.8. The van der Waals surface area contributed by atoms with Gasteiger partial charge in [0.05, 0.1) is 19.8 Å². The van der Waals surface area contributed by atoms with Crippen LogP contribution >= 0.6 is 0 Å². The fraction of sp³-hybridized carbons (Fsp3) is 0.770. The zero-order chi connectivity index (χ0) is 55.3. The second kappa shape index (κ2) is 46.8. The smallest absolute Gasteiger partial charge is 0.306 e. The van der Waals surface area contributed by atoms with Gasteiger partial charge < -0.3 is 64.2 Å². The third-order valence-corrected chi connectivity index (χ3v) is 13.7. The lowest BCUT2D eigenvalue weighted by Crippen LogP contribution is -2.61. The maximum absolute atomic E-state index is 13.0. The van der Waals surface area contributed by atoms with Gasteiger partial charge in [-0.05, 0) is 77.0 Å². The Kier molecular flexibility index (Phi) is 42.5. The number of aliphatic hydroxyl groups is 7. The summed E-state index contributed by atoms with van der Waals surface area (Å²) in [5, 5.41) is 72.3. The number of aliphatic hydroxyl groups excluding tert-OH is 7. The van der Waals surface area contributed by atoms with E-state index >= 15 is 0 Å². The van der Waals surface area contributed by atoms with E-state index in [0.29, 0.717) is 19.3 Å². The molecule has 15 heteroatoms. The first-order valence-electron chi connectivity index (χ1n) is 29.5. The second-order valence-corrected chi connectivity index (χ2v) is 20.5. The van der Waals surface area contributed by atoms with E-state index < -0.39 is 99.3 Å². The van der Waals surface area contributed by atoms with E-state index in [1.165, 1.54) is 116 Å². The number of esters is 2. The molecule has 438 valence electrons. The van der Waals surface area contributed by atoms with Crippen LogP contribution in [0.3, 0.4) is 0 Å². The fourth-order valence-corrected chi connectivity index (χ4v) is 8.84. The first kappa shape index (κ1) is 69.0. The molecular weight excluding hydrogens is 973 g/mol. The molecule has 76 heavy (non-hydrogen) atoms. The number of ether oxygens (including phenoxy) is 6. The van der Waals surface area contributed by atoms with Crippen LogP contribution in [0, 0.1) is 0 Å². The van der Waals surface area contributed by atoms with Crippen molar-refractivity contribution >= 4 is 11.9 Å². The lowest BCUT2D eigenvalue weighted by molar-refractivity contribution is -0.332. The Labute approximate surface area is 457 Å². The van der Waals surface area contributed by atoms with Gasteiger partial charge in [0.25, 0.3) is 0 Å². The Morgan fingerprint density at radius 1 is 0.421 bits per heavy atom. The van der Waals surface area contributed by atoms with Gasteiger partial charge in [-0.15, -0.1) is 0 Å². The molecule has 0 aromatic heterocycles. The van der Waals surface area contributed by atoms with E-state index in [4.69, 9.17) is 28.4 Å². The lowest BCUT2D eigenvalue weighted by Gasteiger charge is -2.42. The molecular formula is C61H104O15. The standard InChI is InChI=1S/C61H104O15/c1-3-5-7-9-11-13-15-17-19-21-23-24-26-27-29-31-33-35-37-39-41-43-52(63)71-46-49(74-53(64)44-42-40-38-36-34-32-30-28-25-22-20-18-16-14-12-10-8-6-4-2)47-72-60-59(70)57(68)55(66)51(76-60)48-73-61-58(69)56(67)54(65)50(45-62)75-61/h12,14,17-20,25,28,32,34,38,40,49-51,54-62,65-70H,3-11,13,15-16,21-24,26-27,29-31,33,35-37,39,41-48H2,1-2H3/b14-12+,19-17+,20-18+,28-25+,34-32+,40-38+/t49-,50+,51+,54-,55-,56?,57?,58?,59?,60+,61+/m0/s1. The number of hydrogen-bond donors (Lipinski definition) is 7. The molecule has 0 amide bonds. The highest BCUT2D eigenvalue weighted by Gasteiger charge is 2.47. The molecule has 7 N–H and O–H groups in total. The molecule has 0 bridgehead atoms. The van der Waals surface area contributed by atoms with Crippen molar-refractivity contribution in [2.24, 2.45) is 0 Å². The Balaban J connectivity index is 1.78. The molecule has 0 aromatic carbocycles. The third-order valence-electron chi connectivity index (χ3n) is 13.7.